The number of hydrogen-bond acceptors (Lipinski definition) is 6. The van der Waals surface area contributed by atoms with Gasteiger partial charge in [-0.3, -0.25) is 14.4 Å². The Kier molecular flexibility index (Phi) is 6.15. The largest absolute Gasteiger partial charge is 0.462 e. The predicted octanol–water partition coefficient (Wildman–Crippen LogP) is 2.31. The van der Waals surface area contributed by atoms with E-state index in [4.69, 9.17) is 4.74 Å². The molecule has 0 aliphatic carbocycles. The van der Waals surface area contributed by atoms with Crippen molar-refractivity contribution < 1.29 is 23.9 Å². The summed E-state index contributed by atoms with van der Waals surface area (Å²) >= 11 is 0. The van der Waals surface area contributed by atoms with Crippen molar-refractivity contribution in [2.45, 2.75) is 19.4 Å². The number of amides is 3. The molecule has 8 heteroatoms. The molecule has 1 fully saturated rings. The lowest BCUT2D eigenvalue weighted by molar-refractivity contribution is -0.121. The van der Waals surface area contributed by atoms with Gasteiger partial charge >= 0.3 is 5.97 Å². The van der Waals surface area contributed by atoms with Crippen LogP contribution in [-0.2, 0) is 14.3 Å². The monoisotopic (exact) mass is 409 g/mol. The molecule has 8 nitrogen and oxygen atoms in total. The van der Waals surface area contributed by atoms with Crippen LogP contribution in [0.3, 0.4) is 0 Å². The summed E-state index contributed by atoms with van der Waals surface area (Å²) in [5.74, 6) is -1.29. The standard InChI is InChI=1S/C22H23N3O5/c1-4-30-22(29)15-7-11-17(12-8-15)25-19(26)13-18(21(25)28)23-16-9-5-14(6-10-16)20(27)24(2)3/h5-12,18,23H,4,13H2,1-3H3/t18-/m1/s1. The van der Waals surface area contributed by atoms with Crippen LogP contribution in [0.15, 0.2) is 48.5 Å². The number of nitrogens with zero attached hydrogens (tertiary/aromatic N) is 2. The number of carbonyl (C=O) groups excluding carboxylic acids is 4. The van der Waals surface area contributed by atoms with Crippen LogP contribution >= 0.6 is 0 Å². The molecule has 30 heavy (non-hydrogen) atoms. The normalized spacial score (nSPS) is 15.8. The first kappa shape index (κ1) is 21.0. The molecule has 0 bridgehead atoms. The van der Waals surface area contributed by atoms with E-state index in [1.807, 2.05) is 0 Å². The lowest BCUT2D eigenvalue weighted by Crippen LogP contribution is -2.34. The summed E-state index contributed by atoms with van der Waals surface area (Å²) in [5.41, 5.74) is 1.91. The van der Waals surface area contributed by atoms with E-state index in [1.165, 1.54) is 17.0 Å². The van der Waals surface area contributed by atoms with E-state index >= 15 is 0 Å². The van der Waals surface area contributed by atoms with E-state index < -0.39 is 12.0 Å². The zero-order valence-electron chi connectivity index (χ0n) is 17.0. The Balaban J connectivity index is 1.70. The van der Waals surface area contributed by atoms with Crippen LogP contribution < -0.4 is 10.2 Å². The fourth-order valence-corrected chi connectivity index (χ4v) is 3.15. The molecule has 0 aromatic heterocycles. The van der Waals surface area contributed by atoms with Gasteiger partial charge in [0.15, 0.2) is 0 Å². The van der Waals surface area contributed by atoms with E-state index in [1.54, 1.807) is 57.4 Å². The smallest absolute Gasteiger partial charge is 0.338 e. The van der Waals surface area contributed by atoms with Crippen molar-refractivity contribution in [2.24, 2.45) is 0 Å². The van der Waals surface area contributed by atoms with E-state index in [2.05, 4.69) is 5.32 Å². The molecule has 0 unspecified atom stereocenters. The first-order valence-corrected chi connectivity index (χ1v) is 9.54. The first-order chi connectivity index (χ1) is 14.3. The summed E-state index contributed by atoms with van der Waals surface area (Å²) in [4.78, 5) is 51.6. The molecule has 0 saturated carbocycles. The summed E-state index contributed by atoms with van der Waals surface area (Å²) in [6.45, 7) is 1.98. The third-order valence-electron chi connectivity index (χ3n) is 4.66. The van der Waals surface area contributed by atoms with E-state index in [0.29, 0.717) is 22.5 Å². The fourth-order valence-electron chi connectivity index (χ4n) is 3.15. The molecule has 1 N–H and O–H groups in total. The molecule has 3 amide bonds. The van der Waals surface area contributed by atoms with Gasteiger partial charge in [0.25, 0.3) is 11.8 Å². The predicted molar refractivity (Wildman–Crippen MR) is 111 cm³/mol. The Morgan fingerprint density at radius 3 is 2.20 bits per heavy atom. The third-order valence-corrected chi connectivity index (χ3v) is 4.66. The number of ether oxygens (including phenoxy) is 1. The molecule has 1 heterocycles. The topological polar surface area (TPSA) is 96.0 Å². The molecule has 156 valence electrons. The molecule has 1 aliphatic rings. The maximum Gasteiger partial charge on any atom is 0.338 e. The SMILES string of the molecule is CCOC(=O)c1ccc(N2C(=O)C[C@@H](Nc3ccc(C(=O)N(C)C)cc3)C2=O)cc1. The van der Waals surface area contributed by atoms with Crippen LogP contribution in [0, 0.1) is 0 Å². The maximum absolute atomic E-state index is 12.8. The summed E-state index contributed by atoms with van der Waals surface area (Å²) in [7, 11) is 3.34. The van der Waals surface area contributed by atoms with Crippen LogP contribution in [0.4, 0.5) is 11.4 Å². The molecule has 2 aromatic carbocycles. The highest BCUT2D eigenvalue weighted by Gasteiger charge is 2.39. The highest BCUT2D eigenvalue weighted by Crippen LogP contribution is 2.25. The minimum Gasteiger partial charge on any atom is -0.462 e. The van der Waals surface area contributed by atoms with Gasteiger partial charge in [-0.05, 0) is 55.5 Å². The zero-order valence-corrected chi connectivity index (χ0v) is 17.0. The minimum atomic E-state index is -0.711. The maximum atomic E-state index is 12.8. The first-order valence-electron chi connectivity index (χ1n) is 9.54. The fraction of sp³-hybridized carbons (Fsp3) is 0.273. The lowest BCUT2D eigenvalue weighted by Gasteiger charge is -2.17. The van der Waals surface area contributed by atoms with Crippen molar-refractivity contribution >= 4 is 35.1 Å². The van der Waals surface area contributed by atoms with Gasteiger partial charge in [-0.1, -0.05) is 0 Å². The van der Waals surface area contributed by atoms with Gasteiger partial charge in [-0.15, -0.1) is 0 Å². The number of imide groups is 1. The van der Waals surface area contributed by atoms with Gasteiger partial charge in [0.1, 0.15) is 6.04 Å². The van der Waals surface area contributed by atoms with Crippen molar-refractivity contribution in [1.29, 1.82) is 0 Å². The highest BCUT2D eigenvalue weighted by molar-refractivity contribution is 6.23. The summed E-state index contributed by atoms with van der Waals surface area (Å²) in [6.07, 6.45) is 0.0108. The molecule has 3 rings (SSSR count). The number of benzene rings is 2. The zero-order chi connectivity index (χ0) is 21.8. The molecule has 0 spiro atoms. The second-order valence-electron chi connectivity index (χ2n) is 7.01. The Morgan fingerprint density at radius 2 is 1.63 bits per heavy atom. The molecular formula is C22H23N3O5. The van der Waals surface area contributed by atoms with Crippen molar-refractivity contribution in [3.63, 3.8) is 0 Å². The van der Waals surface area contributed by atoms with Crippen molar-refractivity contribution in [1.82, 2.24) is 4.90 Å². The van der Waals surface area contributed by atoms with Gasteiger partial charge in [0.05, 0.1) is 24.3 Å². The number of hydrogen-bond donors (Lipinski definition) is 1. The van der Waals surface area contributed by atoms with Crippen molar-refractivity contribution in [3.8, 4) is 0 Å². The molecular weight excluding hydrogens is 386 g/mol. The lowest BCUT2D eigenvalue weighted by atomic mass is 10.1. The van der Waals surface area contributed by atoms with Crippen molar-refractivity contribution in [3.05, 3.63) is 59.7 Å². The van der Waals surface area contributed by atoms with Gasteiger partial charge < -0.3 is 15.0 Å². The number of nitrogens with one attached hydrogen (secondary N) is 1. The summed E-state index contributed by atoms with van der Waals surface area (Å²) < 4.78 is 4.93. The van der Waals surface area contributed by atoms with Crippen LogP contribution in [0.1, 0.15) is 34.1 Å². The second-order valence-corrected chi connectivity index (χ2v) is 7.01. The minimum absolute atomic E-state index is 0.0108. The number of carbonyl (C=O) groups is 4. The van der Waals surface area contributed by atoms with E-state index in [-0.39, 0.29) is 30.7 Å². The molecule has 1 saturated heterocycles. The average Bonchev–Trinajstić information content (AvgIpc) is 3.01. The Hall–Kier alpha value is -3.68. The van der Waals surface area contributed by atoms with Gasteiger partial charge in [0, 0.05) is 25.3 Å². The Bertz CT molecular complexity index is 967. The number of esters is 1. The second kappa shape index (κ2) is 8.77. The van der Waals surface area contributed by atoms with Crippen molar-refractivity contribution in [2.75, 3.05) is 30.9 Å². The van der Waals surface area contributed by atoms with Gasteiger partial charge in [-0.2, -0.15) is 0 Å². The van der Waals surface area contributed by atoms with Gasteiger partial charge in [0.2, 0.25) is 5.91 Å². The third kappa shape index (κ3) is 4.32. The Morgan fingerprint density at radius 1 is 1.03 bits per heavy atom. The van der Waals surface area contributed by atoms with Crippen LogP contribution in [0.5, 0.6) is 0 Å². The molecule has 2 aromatic rings. The Labute approximate surface area is 174 Å². The number of anilines is 2. The molecule has 1 aliphatic heterocycles. The van der Waals surface area contributed by atoms with Crippen LogP contribution in [0.2, 0.25) is 0 Å². The van der Waals surface area contributed by atoms with E-state index in [9.17, 15) is 19.2 Å². The van der Waals surface area contributed by atoms with Gasteiger partial charge in [-0.25, -0.2) is 9.69 Å². The summed E-state index contributed by atoms with van der Waals surface area (Å²) in [6, 6.07) is 12.2. The highest BCUT2D eigenvalue weighted by atomic mass is 16.5. The molecule has 0 radical (unpaired) electrons. The van der Waals surface area contributed by atoms with E-state index in [0.717, 1.165) is 4.90 Å². The van der Waals surface area contributed by atoms with Crippen LogP contribution in [-0.4, -0.2) is 55.3 Å². The number of rotatable bonds is 6. The average molecular weight is 409 g/mol. The summed E-state index contributed by atoms with van der Waals surface area (Å²) in [5, 5.41) is 3.05. The quantitative estimate of drug-likeness (QED) is 0.581. The van der Waals surface area contributed by atoms with Crippen LogP contribution in [0.25, 0.3) is 0 Å². The molecule has 1 atom stereocenters.